The quantitative estimate of drug-likeness (QED) is 0.760. The van der Waals surface area contributed by atoms with Gasteiger partial charge in [0.05, 0.1) is 12.6 Å². The number of nitrogens with one attached hydrogen (secondary N) is 2. The number of halogens is 1. The first kappa shape index (κ1) is 16.7. The fourth-order valence-corrected chi connectivity index (χ4v) is 1.86. The fourth-order valence-electron chi connectivity index (χ4n) is 1.65. The minimum absolute atomic E-state index is 0.0348. The Hall–Kier alpha value is -1.33. The molecule has 1 unspecified atom stereocenters. The molecule has 0 aliphatic carbocycles. The monoisotopic (exact) mass is 299 g/mol. The van der Waals surface area contributed by atoms with Crippen molar-refractivity contribution in [3.8, 4) is 0 Å². The summed E-state index contributed by atoms with van der Waals surface area (Å²) in [6, 6.07) is 3.18. The fraction of sp³-hybridized carbons (Fsp3) is 0.571. The summed E-state index contributed by atoms with van der Waals surface area (Å²) in [7, 11) is 1.73. The van der Waals surface area contributed by atoms with E-state index in [1.54, 1.807) is 19.2 Å². The highest BCUT2D eigenvalue weighted by atomic mass is 35.5. The Morgan fingerprint density at radius 1 is 1.45 bits per heavy atom. The molecule has 1 rings (SSSR count). The van der Waals surface area contributed by atoms with Gasteiger partial charge in [0.15, 0.2) is 0 Å². The second kappa shape index (κ2) is 8.07. The Labute approximate surface area is 125 Å². The SMILES string of the molecule is CCOCC(NC(=O)c1cc(Cl)nc(NC)c1)C(C)C. The van der Waals surface area contributed by atoms with Crippen molar-refractivity contribution >= 4 is 23.3 Å². The van der Waals surface area contributed by atoms with Gasteiger partial charge < -0.3 is 15.4 Å². The van der Waals surface area contributed by atoms with E-state index in [1.165, 1.54) is 0 Å². The predicted molar refractivity (Wildman–Crippen MR) is 81.4 cm³/mol. The molecule has 0 aliphatic rings. The lowest BCUT2D eigenvalue weighted by molar-refractivity contribution is 0.0806. The van der Waals surface area contributed by atoms with Gasteiger partial charge in [-0.2, -0.15) is 0 Å². The highest BCUT2D eigenvalue weighted by Gasteiger charge is 2.18. The number of nitrogens with zero attached hydrogens (tertiary/aromatic N) is 1. The van der Waals surface area contributed by atoms with Crippen LogP contribution in [0, 0.1) is 5.92 Å². The molecular weight excluding hydrogens is 278 g/mol. The molecular formula is C14H22ClN3O2. The van der Waals surface area contributed by atoms with Gasteiger partial charge in [0.1, 0.15) is 11.0 Å². The largest absolute Gasteiger partial charge is 0.380 e. The lowest BCUT2D eigenvalue weighted by Crippen LogP contribution is -2.42. The Kier molecular flexibility index (Phi) is 6.75. The van der Waals surface area contributed by atoms with Crippen LogP contribution >= 0.6 is 11.6 Å². The number of anilines is 1. The van der Waals surface area contributed by atoms with Crippen LogP contribution in [0.15, 0.2) is 12.1 Å². The molecule has 1 atom stereocenters. The first-order chi connectivity index (χ1) is 9.47. The van der Waals surface area contributed by atoms with E-state index in [0.717, 1.165) is 0 Å². The Morgan fingerprint density at radius 2 is 2.15 bits per heavy atom. The standard InChI is InChI=1S/C14H22ClN3O2/c1-5-20-8-11(9(2)3)17-14(19)10-6-12(15)18-13(7-10)16-4/h6-7,9,11H,5,8H2,1-4H3,(H,16,18)(H,17,19). The molecule has 20 heavy (non-hydrogen) atoms. The number of hydrogen-bond donors (Lipinski definition) is 2. The molecule has 0 spiro atoms. The van der Waals surface area contributed by atoms with Crippen LogP contribution in [0.3, 0.4) is 0 Å². The highest BCUT2D eigenvalue weighted by molar-refractivity contribution is 6.29. The molecule has 0 radical (unpaired) electrons. The Morgan fingerprint density at radius 3 is 2.70 bits per heavy atom. The minimum atomic E-state index is -0.177. The van der Waals surface area contributed by atoms with Gasteiger partial charge in [-0.1, -0.05) is 25.4 Å². The zero-order valence-electron chi connectivity index (χ0n) is 12.4. The zero-order valence-corrected chi connectivity index (χ0v) is 13.1. The summed E-state index contributed by atoms with van der Waals surface area (Å²) in [5.41, 5.74) is 0.483. The van der Waals surface area contributed by atoms with E-state index in [9.17, 15) is 4.79 Å². The average molecular weight is 300 g/mol. The molecule has 1 aromatic heterocycles. The van der Waals surface area contributed by atoms with Crippen molar-refractivity contribution in [1.29, 1.82) is 0 Å². The lowest BCUT2D eigenvalue weighted by atomic mass is 10.0. The second-order valence-corrected chi connectivity index (χ2v) is 5.18. The topological polar surface area (TPSA) is 63.2 Å². The molecule has 1 heterocycles. The summed E-state index contributed by atoms with van der Waals surface area (Å²) in [6.07, 6.45) is 0. The minimum Gasteiger partial charge on any atom is -0.380 e. The molecule has 1 aromatic rings. The molecule has 0 bridgehead atoms. The molecule has 0 saturated heterocycles. The summed E-state index contributed by atoms with van der Waals surface area (Å²) in [4.78, 5) is 16.3. The van der Waals surface area contributed by atoms with Crippen LogP contribution in [-0.2, 0) is 4.74 Å². The van der Waals surface area contributed by atoms with Crippen molar-refractivity contribution in [2.75, 3.05) is 25.6 Å². The van der Waals surface area contributed by atoms with Crippen LogP contribution in [0.2, 0.25) is 5.15 Å². The van der Waals surface area contributed by atoms with E-state index in [2.05, 4.69) is 15.6 Å². The van der Waals surface area contributed by atoms with Crippen LogP contribution in [0.4, 0.5) is 5.82 Å². The van der Waals surface area contributed by atoms with E-state index < -0.39 is 0 Å². The number of hydrogen-bond acceptors (Lipinski definition) is 4. The van der Waals surface area contributed by atoms with E-state index >= 15 is 0 Å². The number of ether oxygens (including phenoxy) is 1. The van der Waals surface area contributed by atoms with Crippen LogP contribution in [0.1, 0.15) is 31.1 Å². The molecule has 112 valence electrons. The van der Waals surface area contributed by atoms with Gasteiger partial charge in [-0.15, -0.1) is 0 Å². The molecule has 2 N–H and O–H groups in total. The number of pyridine rings is 1. The zero-order chi connectivity index (χ0) is 15.1. The summed E-state index contributed by atoms with van der Waals surface area (Å²) in [5, 5.41) is 6.13. The smallest absolute Gasteiger partial charge is 0.251 e. The molecule has 1 amide bonds. The number of carbonyl (C=O) groups excluding carboxylic acids is 1. The van der Waals surface area contributed by atoms with Gasteiger partial charge in [0.25, 0.3) is 5.91 Å². The molecule has 6 heteroatoms. The van der Waals surface area contributed by atoms with Crippen molar-refractivity contribution in [3.63, 3.8) is 0 Å². The Balaban J connectivity index is 2.80. The van der Waals surface area contributed by atoms with Gasteiger partial charge in [0, 0.05) is 19.2 Å². The summed E-state index contributed by atoms with van der Waals surface area (Å²) < 4.78 is 5.40. The van der Waals surface area contributed by atoms with E-state index in [4.69, 9.17) is 16.3 Å². The summed E-state index contributed by atoms with van der Waals surface area (Å²) >= 11 is 5.90. The van der Waals surface area contributed by atoms with Crippen LogP contribution in [0.5, 0.6) is 0 Å². The number of carbonyl (C=O) groups is 1. The Bertz CT molecular complexity index is 452. The lowest BCUT2D eigenvalue weighted by Gasteiger charge is -2.22. The van der Waals surface area contributed by atoms with Gasteiger partial charge in [-0.25, -0.2) is 4.98 Å². The molecule has 5 nitrogen and oxygen atoms in total. The van der Waals surface area contributed by atoms with E-state index in [-0.39, 0.29) is 23.0 Å². The summed E-state index contributed by atoms with van der Waals surface area (Å²) in [6.45, 7) is 7.15. The van der Waals surface area contributed by atoms with Crippen LogP contribution < -0.4 is 10.6 Å². The molecule has 0 aliphatic heterocycles. The summed E-state index contributed by atoms with van der Waals surface area (Å²) in [5.74, 6) is 0.671. The first-order valence-electron chi connectivity index (χ1n) is 6.71. The first-order valence-corrected chi connectivity index (χ1v) is 7.09. The number of aromatic nitrogens is 1. The van der Waals surface area contributed by atoms with Crippen molar-refractivity contribution in [1.82, 2.24) is 10.3 Å². The third-order valence-electron chi connectivity index (χ3n) is 2.94. The van der Waals surface area contributed by atoms with Crippen LogP contribution in [0.25, 0.3) is 0 Å². The van der Waals surface area contributed by atoms with Crippen molar-refractivity contribution in [2.24, 2.45) is 5.92 Å². The predicted octanol–water partition coefficient (Wildman–Crippen LogP) is 2.57. The van der Waals surface area contributed by atoms with E-state index in [0.29, 0.717) is 24.6 Å². The second-order valence-electron chi connectivity index (χ2n) is 4.80. The highest BCUT2D eigenvalue weighted by Crippen LogP contribution is 2.15. The third-order valence-corrected chi connectivity index (χ3v) is 3.13. The molecule has 0 saturated carbocycles. The average Bonchev–Trinajstić information content (AvgIpc) is 2.42. The third kappa shape index (κ3) is 4.98. The number of rotatable bonds is 7. The maximum atomic E-state index is 12.3. The maximum Gasteiger partial charge on any atom is 0.251 e. The number of amides is 1. The van der Waals surface area contributed by atoms with Gasteiger partial charge in [-0.05, 0) is 25.0 Å². The maximum absolute atomic E-state index is 12.3. The van der Waals surface area contributed by atoms with E-state index in [1.807, 2.05) is 20.8 Å². The molecule has 0 aromatic carbocycles. The van der Waals surface area contributed by atoms with Gasteiger partial charge in [-0.3, -0.25) is 4.79 Å². The van der Waals surface area contributed by atoms with Crippen molar-refractivity contribution in [3.05, 3.63) is 22.8 Å². The van der Waals surface area contributed by atoms with Gasteiger partial charge >= 0.3 is 0 Å². The van der Waals surface area contributed by atoms with Crippen molar-refractivity contribution in [2.45, 2.75) is 26.8 Å². The van der Waals surface area contributed by atoms with Crippen LogP contribution in [-0.4, -0.2) is 37.2 Å². The van der Waals surface area contributed by atoms with Gasteiger partial charge in [0.2, 0.25) is 0 Å². The van der Waals surface area contributed by atoms with Crippen molar-refractivity contribution < 1.29 is 9.53 Å². The molecule has 0 fully saturated rings. The normalized spacial score (nSPS) is 12.3.